The number of rotatable bonds is 2. The maximum absolute atomic E-state index is 12.9. The molecule has 7 heteroatoms. The van der Waals surface area contributed by atoms with Crippen molar-refractivity contribution in [3.8, 4) is 0 Å². The van der Waals surface area contributed by atoms with Gasteiger partial charge in [-0.15, -0.1) is 0 Å². The van der Waals surface area contributed by atoms with Gasteiger partial charge in [-0.2, -0.15) is 22.0 Å². The van der Waals surface area contributed by atoms with Gasteiger partial charge in [-0.05, 0) is 6.07 Å². The number of nitrogens with zero attached hydrogens (tertiary/aromatic N) is 1. The number of halogens is 5. The van der Waals surface area contributed by atoms with E-state index in [-0.39, 0.29) is 0 Å². The van der Waals surface area contributed by atoms with Crippen LogP contribution in [0.15, 0.2) is 18.5 Å². The second-order valence-electron chi connectivity index (χ2n) is 2.78. The SMILES string of the molecule is OCC(F)(F)c1cnccc1C(F)(F)F. The Morgan fingerprint density at radius 3 is 2.20 bits per heavy atom. The molecule has 1 aromatic heterocycles. The molecular formula is C8H6F5NO. The summed E-state index contributed by atoms with van der Waals surface area (Å²) in [5, 5.41) is 8.29. The average Bonchev–Trinajstić information content (AvgIpc) is 2.16. The van der Waals surface area contributed by atoms with E-state index in [1.54, 1.807) is 0 Å². The Labute approximate surface area is 81.4 Å². The van der Waals surface area contributed by atoms with Gasteiger partial charge in [0, 0.05) is 12.4 Å². The van der Waals surface area contributed by atoms with Gasteiger partial charge in [0.25, 0.3) is 5.92 Å². The summed E-state index contributed by atoms with van der Waals surface area (Å²) in [7, 11) is 0. The number of aromatic nitrogens is 1. The number of alkyl halides is 5. The molecule has 0 fully saturated rings. The van der Waals surface area contributed by atoms with Crippen molar-refractivity contribution in [2.24, 2.45) is 0 Å². The molecule has 0 aliphatic carbocycles. The molecule has 0 saturated heterocycles. The highest BCUT2D eigenvalue weighted by Crippen LogP contribution is 2.38. The van der Waals surface area contributed by atoms with Gasteiger partial charge in [-0.3, -0.25) is 4.98 Å². The van der Waals surface area contributed by atoms with Gasteiger partial charge >= 0.3 is 6.18 Å². The summed E-state index contributed by atoms with van der Waals surface area (Å²) in [6.07, 6.45) is -3.73. The van der Waals surface area contributed by atoms with E-state index in [2.05, 4.69) is 4.98 Å². The fraction of sp³-hybridized carbons (Fsp3) is 0.375. The molecule has 0 spiro atoms. The summed E-state index contributed by atoms with van der Waals surface area (Å²) in [5.74, 6) is -3.95. The minimum Gasteiger partial charge on any atom is -0.390 e. The molecule has 2 nitrogen and oxygen atoms in total. The Morgan fingerprint density at radius 2 is 1.73 bits per heavy atom. The predicted octanol–water partition coefficient (Wildman–Crippen LogP) is 2.18. The highest BCUT2D eigenvalue weighted by Gasteiger charge is 2.42. The molecule has 0 bridgehead atoms. The summed E-state index contributed by atoms with van der Waals surface area (Å²) in [4.78, 5) is 3.18. The predicted molar refractivity (Wildman–Crippen MR) is 40.2 cm³/mol. The normalized spacial score (nSPS) is 12.9. The van der Waals surface area contributed by atoms with E-state index >= 15 is 0 Å². The molecule has 0 aromatic carbocycles. The highest BCUT2D eigenvalue weighted by molar-refractivity contribution is 5.30. The van der Waals surface area contributed by atoms with Gasteiger partial charge in [0.15, 0.2) is 0 Å². The van der Waals surface area contributed by atoms with Crippen LogP contribution in [-0.4, -0.2) is 16.7 Å². The lowest BCUT2D eigenvalue weighted by Gasteiger charge is -2.18. The smallest absolute Gasteiger partial charge is 0.390 e. The van der Waals surface area contributed by atoms with Crippen molar-refractivity contribution in [1.29, 1.82) is 0 Å². The topological polar surface area (TPSA) is 33.1 Å². The number of hydrogen-bond acceptors (Lipinski definition) is 2. The third kappa shape index (κ3) is 2.41. The highest BCUT2D eigenvalue weighted by atomic mass is 19.4. The van der Waals surface area contributed by atoms with E-state index in [1.165, 1.54) is 0 Å². The molecule has 0 aliphatic rings. The zero-order valence-corrected chi connectivity index (χ0v) is 7.22. The van der Waals surface area contributed by atoms with E-state index in [0.717, 1.165) is 6.20 Å². The molecule has 0 amide bonds. The van der Waals surface area contributed by atoms with Crippen molar-refractivity contribution in [3.63, 3.8) is 0 Å². The first-order chi connectivity index (χ1) is 6.79. The summed E-state index contributed by atoms with van der Waals surface area (Å²) in [6.45, 7) is -1.69. The van der Waals surface area contributed by atoms with Crippen LogP contribution >= 0.6 is 0 Å². The van der Waals surface area contributed by atoms with Crippen LogP contribution in [0.2, 0.25) is 0 Å². The van der Waals surface area contributed by atoms with E-state index in [9.17, 15) is 22.0 Å². The molecular weight excluding hydrogens is 221 g/mol. The first kappa shape index (κ1) is 11.8. The molecule has 0 atom stereocenters. The monoisotopic (exact) mass is 227 g/mol. The summed E-state index contributed by atoms with van der Waals surface area (Å²) in [6, 6.07) is 0.443. The first-order valence-corrected chi connectivity index (χ1v) is 3.79. The summed E-state index contributed by atoms with van der Waals surface area (Å²) < 4.78 is 62.6. The molecule has 0 aliphatic heterocycles. The van der Waals surface area contributed by atoms with Crippen LogP contribution in [0, 0.1) is 0 Å². The standard InChI is InChI=1S/C8H6F5NO/c9-7(10,4-15)6-3-14-2-1-5(6)8(11,12)13/h1-3,15H,4H2. The van der Waals surface area contributed by atoms with Gasteiger partial charge in [0.05, 0.1) is 11.1 Å². The Kier molecular flexibility index (Phi) is 2.94. The average molecular weight is 227 g/mol. The van der Waals surface area contributed by atoms with Crippen molar-refractivity contribution >= 4 is 0 Å². The van der Waals surface area contributed by atoms with Gasteiger partial charge in [-0.1, -0.05) is 0 Å². The maximum Gasteiger partial charge on any atom is 0.417 e. The lowest BCUT2D eigenvalue weighted by molar-refractivity contribution is -0.143. The maximum atomic E-state index is 12.9. The fourth-order valence-electron chi connectivity index (χ4n) is 1.02. The second-order valence-corrected chi connectivity index (χ2v) is 2.78. The lowest BCUT2D eigenvalue weighted by atomic mass is 10.0. The third-order valence-corrected chi connectivity index (χ3v) is 1.72. The number of aliphatic hydroxyl groups excluding tert-OH is 1. The first-order valence-electron chi connectivity index (χ1n) is 3.79. The Hall–Kier alpha value is -1.24. The number of pyridine rings is 1. The summed E-state index contributed by atoms with van der Waals surface area (Å²) >= 11 is 0. The van der Waals surface area contributed by atoms with E-state index in [1.807, 2.05) is 0 Å². The third-order valence-electron chi connectivity index (χ3n) is 1.72. The largest absolute Gasteiger partial charge is 0.417 e. The quantitative estimate of drug-likeness (QED) is 0.785. The Morgan fingerprint density at radius 1 is 1.13 bits per heavy atom. The molecule has 1 heterocycles. The fourth-order valence-corrected chi connectivity index (χ4v) is 1.02. The van der Waals surface area contributed by atoms with Crippen LogP contribution in [0.1, 0.15) is 11.1 Å². The zero-order chi connectivity index (χ0) is 11.7. The van der Waals surface area contributed by atoms with E-state index < -0.39 is 29.8 Å². The molecule has 0 saturated carbocycles. The zero-order valence-electron chi connectivity index (χ0n) is 7.22. The Balaban J connectivity index is 3.31. The Bertz CT molecular complexity index is 349. The van der Waals surface area contributed by atoms with Crippen LogP contribution in [-0.2, 0) is 12.1 Å². The van der Waals surface area contributed by atoms with Crippen LogP contribution < -0.4 is 0 Å². The van der Waals surface area contributed by atoms with Gasteiger partial charge in [0.2, 0.25) is 0 Å². The molecule has 0 unspecified atom stereocenters. The van der Waals surface area contributed by atoms with Crippen molar-refractivity contribution in [2.45, 2.75) is 12.1 Å². The number of aliphatic hydroxyl groups is 1. The molecule has 15 heavy (non-hydrogen) atoms. The molecule has 0 radical (unpaired) electrons. The minimum absolute atomic E-state index is 0.402. The summed E-state index contributed by atoms with van der Waals surface area (Å²) in [5.41, 5.74) is -2.81. The van der Waals surface area contributed by atoms with Gasteiger partial charge < -0.3 is 5.11 Å². The minimum atomic E-state index is -4.89. The van der Waals surface area contributed by atoms with Crippen LogP contribution in [0.25, 0.3) is 0 Å². The van der Waals surface area contributed by atoms with Crippen molar-refractivity contribution < 1.29 is 27.1 Å². The van der Waals surface area contributed by atoms with Gasteiger partial charge in [-0.25, -0.2) is 0 Å². The second kappa shape index (κ2) is 3.73. The van der Waals surface area contributed by atoms with Crippen molar-refractivity contribution in [3.05, 3.63) is 29.6 Å². The van der Waals surface area contributed by atoms with Crippen molar-refractivity contribution in [2.75, 3.05) is 6.61 Å². The number of hydrogen-bond donors (Lipinski definition) is 1. The van der Waals surface area contributed by atoms with Crippen LogP contribution in [0.4, 0.5) is 22.0 Å². The van der Waals surface area contributed by atoms with E-state index in [4.69, 9.17) is 5.11 Å². The van der Waals surface area contributed by atoms with E-state index in [0.29, 0.717) is 12.3 Å². The lowest BCUT2D eigenvalue weighted by Crippen LogP contribution is -2.24. The molecule has 1 N–H and O–H groups in total. The van der Waals surface area contributed by atoms with Crippen LogP contribution in [0.5, 0.6) is 0 Å². The van der Waals surface area contributed by atoms with Crippen LogP contribution in [0.3, 0.4) is 0 Å². The van der Waals surface area contributed by atoms with Crippen molar-refractivity contribution in [1.82, 2.24) is 4.98 Å². The molecule has 1 rings (SSSR count). The molecule has 1 aromatic rings. The van der Waals surface area contributed by atoms with Gasteiger partial charge in [0.1, 0.15) is 6.61 Å². The molecule has 84 valence electrons.